The lowest BCUT2D eigenvalue weighted by atomic mass is 10.1. The van der Waals surface area contributed by atoms with E-state index in [0.717, 1.165) is 9.26 Å². The van der Waals surface area contributed by atoms with E-state index in [1.165, 1.54) is 12.1 Å². The number of para-hydroxylation sites is 2. The molecule has 0 fully saturated rings. The van der Waals surface area contributed by atoms with Gasteiger partial charge < -0.3 is 9.80 Å². The fourth-order valence-electron chi connectivity index (χ4n) is 2.26. The molecule has 7 heteroatoms. The number of carbonyl (C=O) groups is 1. The van der Waals surface area contributed by atoms with Gasteiger partial charge in [0.1, 0.15) is 5.56 Å². The van der Waals surface area contributed by atoms with Crippen LogP contribution in [0.4, 0.5) is 11.4 Å². The number of hydrogen-bond acceptors (Lipinski definition) is 4. The Balaban J connectivity index is 2.46. The van der Waals surface area contributed by atoms with Gasteiger partial charge in [-0.15, -0.1) is 0 Å². The fraction of sp³-hybridized carbons (Fsp3) is 0.235. The average molecular weight is 439 g/mol. The maximum Gasteiger partial charge on any atom is 0.282 e. The third-order valence-electron chi connectivity index (χ3n) is 3.49. The van der Waals surface area contributed by atoms with Crippen molar-refractivity contribution in [2.75, 3.05) is 32.1 Å². The standard InChI is InChI=1S/C17H18IN3O3/c1-19(2)11-12-20(16-10-6-4-8-14(16)18)17(22)13-7-3-5-9-15(13)21(23)24/h3-10H,11-12H2,1-2H3. The number of benzene rings is 2. The molecule has 24 heavy (non-hydrogen) atoms. The van der Waals surface area contributed by atoms with E-state index in [2.05, 4.69) is 22.6 Å². The highest BCUT2D eigenvalue weighted by atomic mass is 127. The number of carbonyl (C=O) groups excluding carboxylic acids is 1. The first kappa shape index (κ1) is 18.3. The quantitative estimate of drug-likeness (QED) is 0.393. The SMILES string of the molecule is CN(C)CCN(C(=O)c1ccccc1[N+](=O)[O-])c1ccccc1I. The van der Waals surface area contributed by atoms with Gasteiger partial charge in [-0.05, 0) is 54.9 Å². The summed E-state index contributed by atoms with van der Waals surface area (Å²) < 4.78 is 0.917. The Labute approximate surface area is 154 Å². The van der Waals surface area contributed by atoms with E-state index in [0.29, 0.717) is 13.1 Å². The van der Waals surface area contributed by atoms with E-state index < -0.39 is 4.92 Å². The van der Waals surface area contributed by atoms with Gasteiger partial charge in [0.15, 0.2) is 0 Å². The summed E-state index contributed by atoms with van der Waals surface area (Å²) in [5, 5.41) is 11.2. The van der Waals surface area contributed by atoms with Gasteiger partial charge in [-0.1, -0.05) is 24.3 Å². The Morgan fingerprint density at radius 3 is 2.33 bits per heavy atom. The molecule has 0 spiro atoms. The summed E-state index contributed by atoms with van der Waals surface area (Å²) in [6, 6.07) is 13.6. The van der Waals surface area contributed by atoms with Crippen LogP contribution in [0.15, 0.2) is 48.5 Å². The number of amides is 1. The van der Waals surface area contributed by atoms with Gasteiger partial charge in [0.2, 0.25) is 0 Å². The molecular weight excluding hydrogens is 421 g/mol. The first-order valence-corrected chi connectivity index (χ1v) is 8.44. The predicted molar refractivity (Wildman–Crippen MR) is 102 cm³/mol. The van der Waals surface area contributed by atoms with Gasteiger partial charge in [0.25, 0.3) is 11.6 Å². The van der Waals surface area contributed by atoms with Gasteiger partial charge in [-0.3, -0.25) is 14.9 Å². The van der Waals surface area contributed by atoms with Crippen molar-refractivity contribution in [3.05, 3.63) is 67.8 Å². The molecule has 0 heterocycles. The summed E-state index contributed by atoms with van der Waals surface area (Å²) in [7, 11) is 3.84. The fourth-order valence-corrected chi connectivity index (χ4v) is 2.94. The van der Waals surface area contributed by atoms with Crippen LogP contribution < -0.4 is 4.90 Å². The van der Waals surface area contributed by atoms with E-state index >= 15 is 0 Å². The maximum absolute atomic E-state index is 13.0. The van der Waals surface area contributed by atoms with Crippen molar-refractivity contribution in [3.8, 4) is 0 Å². The van der Waals surface area contributed by atoms with E-state index in [9.17, 15) is 14.9 Å². The van der Waals surface area contributed by atoms with E-state index in [1.54, 1.807) is 17.0 Å². The molecule has 0 saturated heterocycles. The second-order valence-electron chi connectivity index (χ2n) is 5.49. The highest BCUT2D eigenvalue weighted by molar-refractivity contribution is 14.1. The maximum atomic E-state index is 13.0. The molecule has 2 aromatic rings. The monoisotopic (exact) mass is 439 g/mol. The number of rotatable bonds is 6. The largest absolute Gasteiger partial charge is 0.308 e. The molecule has 0 aromatic heterocycles. The molecule has 0 aliphatic heterocycles. The van der Waals surface area contributed by atoms with Crippen LogP contribution in [0.3, 0.4) is 0 Å². The molecule has 2 aromatic carbocycles. The van der Waals surface area contributed by atoms with Crippen LogP contribution in [-0.2, 0) is 0 Å². The summed E-state index contributed by atoms with van der Waals surface area (Å²) in [6.07, 6.45) is 0. The van der Waals surface area contributed by atoms with Gasteiger partial charge >= 0.3 is 0 Å². The van der Waals surface area contributed by atoms with Crippen molar-refractivity contribution in [1.29, 1.82) is 0 Å². The zero-order valence-electron chi connectivity index (χ0n) is 13.5. The molecule has 0 aliphatic carbocycles. The summed E-state index contributed by atoms with van der Waals surface area (Å²) in [5.74, 6) is -0.367. The molecule has 2 rings (SSSR count). The van der Waals surface area contributed by atoms with E-state index in [1.807, 2.05) is 43.3 Å². The molecule has 126 valence electrons. The van der Waals surface area contributed by atoms with E-state index in [4.69, 9.17) is 0 Å². The molecule has 0 radical (unpaired) electrons. The minimum Gasteiger partial charge on any atom is -0.308 e. The third-order valence-corrected chi connectivity index (χ3v) is 4.40. The lowest BCUT2D eigenvalue weighted by Crippen LogP contribution is -2.37. The second-order valence-corrected chi connectivity index (χ2v) is 6.65. The number of nitro benzene ring substituents is 1. The van der Waals surface area contributed by atoms with Crippen molar-refractivity contribution < 1.29 is 9.72 Å². The summed E-state index contributed by atoms with van der Waals surface area (Å²) in [4.78, 5) is 27.3. The van der Waals surface area contributed by atoms with Crippen LogP contribution in [0.25, 0.3) is 0 Å². The average Bonchev–Trinajstić information content (AvgIpc) is 2.56. The summed E-state index contributed by atoms with van der Waals surface area (Å²) >= 11 is 2.17. The first-order valence-electron chi connectivity index (χ1n) is 7.36. The third kappa shape index (κ3) is 4.30. The molecule has 0 aliphatic rings. The molecule has 1 amide bonds. The lowest BCUT2D eigenvalue weighted by Gasteiger charge is -2.25. The number of hydrogen-bond donors (Lipinski definition) is 0. The minimum absolute atomic E-state index is 0.0981. The van der Waals surface area contributed by atoms with Crippen molar-refractivity contribution >= 4 is 39.9 Å². The topological polar surface area (TPSA) is 66.7 Å². The smallest absolute Gasteiger partial charge is 0.282 e. The Bertz CT molecular complexity index is 749. The van der Waals surface area contributed by atoms with Gasteiger partial charge in [0.05, 0.1) is 10.6 Å². The molecule has 0 unspecified atom stereocenters. The van der Waals surface area contributed by atoms with Gasteiger partial charge in [-0.2, -0.15) is 0 Å². The number of halogens is 1. The number of likely N-dealkylation sites (N-methyl/N-ethyl adjacent to an activating group) is 1. The lowest BCUT2D eigenvalue weighted by molar-refractivity contribution is -0.385. The van der Waals surface area contributed by atoms with Crippen LogP contribution in [0, 0.1) is 13.7 Å². The van der Waals surface area contributed by atoms with Crippen LogP contribution in [0.2, 0.25) is 0 Å². The van der Waals surface area contributed by atoms with Crippen LogP contribution in [0.5, 0.6) is 0 Å². The Kier molecular flexibility index (Phi) is 6.27. The molecular formula is C17H18IN3O3. The highest BCUT2D eigenvalue weighted by Gasteiger charge is 2.26. The zero-order valence-corrected chi connectivity index (χ0v) is 15.6. The predicted octanol–water partition coefficient (Wildman–Crippen LogP) is 3.41. The Hall–Kier alpha value is -2.00. The first-order chi connectivity index (χ1) is 11.4. The van der Waals surface area contributed by atoms with Crippen molar-refractivity contribution in [2.24, 2.45) is 0 Å². The number of anilines is 1. The Morgan fingerprint density at radius 2 is 1.71 bits per heavy atom. The zero-order chi connectivity index (χ0) is 17.7. The molecule has 0 bridgehead atoms. The van der Waals surface area contributed by atoms with Crippen LogP contribution >= 0.6 is 22.6 Å². The van der Waals surface area contributed by atoms with Crippen LogP contribution in [0.1, 0.15) is 10.4 Å². The van der Waals surface area contributed by atoms with Gasteiger partial charge in [0, 0.05) is 22.7 Å². The second kappa shape index (κ2) is 8.20. The van der Waals surface area contributed by atoms with Crippen LogP contribution in [-0.4, -0.2) is 42.9 Å². The molecule has 0 saturated carbocycles. The molecule has 0 N–H and O–H groups in total. The normalized spacial score (nSPS) is 10.7. The van der Waals surface area contributed by atoms with Crippen molar-refractivity contribution in [3.63, 3.8) is 0 Å². The highest BCUT2D eigenvalue weighted by Crippen LogP contribution is 2.26. The number of nitro groups is 1. The molecule has 6 nitrogen and oxygen atoms in total. The minimum atomic E-state index is -0.521. The van der Waals surface area contributed by atoms with Gasteiger partial charge in [-0.25, -0.2) is 0 Å². The van der Waals surface area contributed by atoms with Crippen molar-refractivity contribution in [1.82, 2.24) is 4.90 Å². The summed E-state index contributed by atoms with van der Waals surface area (Å²) in [5.41, 5.74) is 0.673. The summed E-state index contributed by atoms with van der Waals surface area (Å²) in [6.45, 7) is 1.09. The number of nitrogens with zero attached hydrogens (tertiary/aromatic N) is 3. The Morgan fingerprint density at radius 1 is 1.08 bits per heavy atom. The van der Waals surface area contributed by atoms with E-state index in [-0.39, 0.29) is 17.2 Å². The molecule has 0 atom stereocenters. The van der Waals surface area contributed by atoms with Crippen molar-refractivity contribution in [2.45, 2.75) is 0 Å².